The Morgan fingerprint density at radius 2 is 1.27 bits per heavy atom. The molecule has 0 bridgehead atoms. The van der Waals surface area contributed by atoms with Crippen LogP contribution < -0.4 is 0 Å². The van der Waals surface area contributed by atoms with Gasteiger partial charge in [0.05, 0.1) is 0 Å². The monoisotopic (exact) mass is 306 g/mol. The van der Waals surface area contributed by atoms with E-state index in [0.29, 0.717) is 5.78 Å². The van der Waals surface area contributed by atoms with Gasteiger partial charge in [-0.15, -0.1) is 0 Å². The highest BCUT2D eigenvalue weighted by atomic mass is 16.1. The molecule has 0 heterocycles. The number of hydrogen-bond acceptors (Lipinski definition) is 1. The summed E-state index contributed by atoms with van der Waals surface area (Å²) in [4.78, 5) is 11.7. The van der Waals surface area contributed by atoms with E-state index in [1.807, 2.05) is 6.08 Å². The van der Waals surface area contributed by atoms with Crippen molar-refractivity contribution in [2.75, 3.05) is 0 Å². The van der Waals surface area contributed by atoms with Crippen LogP contribution in [0, 0.1) is 0 Å². The molecule has 0 N–H and O–H groups in total. The van der Waals surface area contributed by atoms with Crippen molar-refractivity contribution < 1.29 is 4.79 Å². The minimum atomic E-state index is 0.297. The van der Waals surface area contributed by atoms with Crippen LogP contribution in [-0.2, 0) is 4.79 Å². The zero-order valence-corrected chi connectivity index (χ0v) is 15.1. The summed E-state index contributed by atoms with van der Waals surface area (Å²) in [6, 6.07) is 0. The van der Waals surface area contributed by atoms with E-state index in [1.54, 1.807) is 6.08 Å². The zero-order valence-electron chi connectivity index (χ0n) is 15.1. The molecule has 0 aliphatic heterocycles. The van der Waals surface area contributed by atoms with Crippen LogP contribution in [0.1, 0.15) is 104 Å². The lowest BCUT2D eigenvalue weighted by Gasteiger charge is -2.00. The van der Waals surface area contributed by atoms with Crippen molar-refractivity contribution in [2.45, 2.75) is 104 Å². The van der Waals surface area contributed by atoms with E-state index in [4.69, 9.17) is 0 Å². The third-order valence-electron chi connectivity index (χ3n) is 3.99. The molecule has 22 heavy (non-hydrogen) atoms. The average molecular weight is 307 g/mol. The Labute approximate surface area is 139 Å². The highest BCUT2D eigenvalue weighted by molar-refractivity contribution is 5.89. The van der Waals surface area contributed by atoms with Crippen LogP contribution in [0.4, 0.5) is 0 Å². The summed E-state index contributed by atoms with van der Waals surface area (Å²) in [7, 11) is 0. The number of allylic oxidation sites excluding steroid dienone is 4. The fourth-order valence-electron chi connectivity index (χ4n) is 2.52. The van der Waals surface area contributed by atoms with Gasteiger partial charge in [-0.2, -0.15) is 0 Å². The van der Waals surface area contributed by atoms with Gasteiger partial charge in [0.1, 0.15) is 0 Å². The summed E-state index contributed by atoms with van der Waals surface area (Å²) in [5, 5.41) is 0. The minimum Gasteiger partial charge on any atom is -0.295 e. The molecule has 0 amide bonds. The molecule has 0 atom stereocenters. The van der Waals surface area contributed by atoms with Gasteiger partial charge in [0.15, 0.2) is 5.78 Å². The number of rotatable bonds is 16. The number of ketones is 1. The van der Waals surface area contributed by atoms with Crippen LogP contribution in [0.25, 0.3) is 0 Å². The maximum atomic E-state index is 11.7. The van der Waals surface area contributed by atoms with E-state index in [2.05, 4.69) is 26.0 Å². The maximum Gasteiger partial charge on any atom is 0.155 e. The van der Waals surface area contributed by atoms with Gasteiger partial charge >= 0.3 is 0 Å². The first-order chi connectivity index (χ1) is 10.8. The number of hydrogen-bond donors (Lipinski definition) is 0. The van der Waals surface area contributed by atoms with Crippen LogP contribution in [0.15, 0.2) is 24.3 Å². The highest BCUT2D eigenvalue weighted by Crippen LogP contribution is 2.10. The lowest BCUT2D eigenvalue weighted by molar-refractivity contribution is -0.114. The molecular formula is C21H38O. The Morgan fingerprint density at radius 1 is 0.682 bits per heavy atom. The van der Waals surface area contributed by atoms with E-state index in [1.165, 1.54) is 70.6 Å². The lowest BCUT2D eigenvalue weighted by Crippen LogP contribution is -1.92. The third-order valence-corrected chi connectivity index (χ3v) is 3.99. The molecule has 1 heteroatoms. The predicted molar refractivity (Wildman–Crippen MR) is 99.3 cm³/mol. The summed E-state index contributed by atoms with van der Waals surface area (Å²) in [6.07, 6.45) is 25.2. The number of carbonyl (C=O) groups excluding carboxylic acids is 1. The van der Waals surface area contributed by atoms with Gasteiger partial charge < -0.3 is 0 Å². The molecule has 0 aromatic heterocycles. The maximum absolute atomic E-state index is 11.7. The van der Waals surface area contributed by atoms with Crippen LogP contribution in [-0.4, -0.2) is 5.78 Å². The molecule has 128 valence electrons. The Balaban J connectivity index is 3.36. The minimum absolute atomic E-state index is 0.297. The first-order valence-electron chi connectivity index (χ1n) is 9.65. The van der Waals surface area contributed by atoms with Crippen molar-refractivity contribution in [3.05, 3.63) is 24.3 Å². The molecule has 0 aliphatic carbocycles. The van der Waals surface area contributed by atoms with Gasteiger partial charge in [-0.3, -0.25) is 4.79 Å². The summed E-state index contributed by atoms with van der Waals surface area (Å²) >= 11 is 0. The second kappa shape index (κ2) is 18.2. The molecule has 0 saturated heterocycles. The van der Waals surface area contributed by atoms with E-state index < -0.39 is 0 Å². The Morgan fingerprint density at radius 3 is 1.95 bits per heavy atom. The van der Waals surface area contributed by atoms with Crippen LogP contribution in [0.5, 0.6) is 0 Å². The van der Waals surface area contributed by atoms with Gasteiger partial charge in [0.2, 0.25) is 0 Å². The first kappa shape index (κ1) is 21.1. The second-order valence-electron chi connectivity index (χ2n) is 6.30. The largest absolute Gasteiger partial charge is 0.295 e. The molecule has 1 nitrogen and oxygen atoms in total. The molecule has 0 rings (SSSR count). The fourth-order valence-corrected chi connectivity index (χ4v) is 2.52. The number of carbonyl (C=O) groups is 1. The van der Waals surface area contributed by atoms with Crippen LogP contribution in [0.3, 0.4) is 0 Å². The van der Waals surface area contributed by atoms with Crippen molar-refractivity contribution in [1.82, 2.24) is 0 Å². The van der Waals surface area contributed by atoms with Crippen molar-refractivity contribution >= 4 is 5.78 Å². The first-order valence-corrected chi connectivity index (χ1v) is 9.65. The summed E-state index contributed by atoms with van der Waals surface area (Å²) in [5.41, 5.74) is 0. The lowest BCUT2D eigenvalue weighted by atomic mass is 10.1. The Hall–Kier alpha value is -0.850. The van der Waals surface area contributed by atoms with Crippen LogP contribution >= 0.6 is 0 Å². The summed E-state index contributed by atoms with van der Waals surface area (Å²) in [6.45, 7) is 4.48. The Bertz CT molecular complexity index is 288. The van der Waals surface area contributed by atoms with Crippen molar-refractivity contribution in [1.29, 1.82) is 0 Å². The van der Waals surface area contributed by atoms with Gasteiger partial charge in [0, 0.05) is 6.42 Å². The van der Waals surface area contributed by atoms with Crippen molar-refractivity contribution in [3.8, 4) is 0 Å². The van der Waals surface area contributed by atoms with E-state index in [0.717, 1.165) is 19.3 Å². The molecule has 0 saturated carbocycles. The zero-order chi connectivity index (χ0) is 16.3. The molecule has 0 aromatic carbocycles. The normalized spacial score (nSPS) is 11.7. The molecule has 0 radical (unpaired) electrons. The summed E-state index contributed by atoms with van der Waals surface area (Å²) in [5.74, 6) is 0.297. The van der Waals surface area contributed by atoms with E-state index in [9.17, 15) is 4.79 Å². The fraction of sp³-hybridized carbons (Fsp3) is 0.762. The van der Waals surface area contributed by atoms with Gasteiger partial charge in [-0.1, -0.05) is 89.9 Å². The standard InChI is InChI=1S/C21H38O/c1-3-5-7-9-11-13-15-17-19-21(22)20-18-16-14-12-10-8-6-4-2/h11,13,17,19H,3-10,12,14-16,18,20H2,1-2H3/b13-11-,19-17?. The Kier molecular flexibility index (Phi) is 17.5. The van der Waals surface area contributed by atoms with E-state index >= 15 is 0 Å². The van der Waals surface area contributed by atoms with Gasteiger partial charge in [0.25, 0.3) is 0 Å². The number of unbranched alkanes of at least 4 members (excludes halogenated alkanes) is 10. The van der Waals surface area contributed by atoms with Gasteiger partial charge in [-0.25, -0.2) is 0 Å². The van der Waals surface area contributed by atoms with Crippen molar-refractivity contribution in [3.63, 3.8) is 0 Å². The summed E-state index contributed by atoms with van der Waals surface area (Å²) < 4.78 is 0. The molecule has 0 aliphatic rings. The van der Waals surface area contributed by atoms with Crippen LogP contribution in [0.2, 0.25) is 0 Å². The third kappa shape index (κ3) is 17.2. The quantitative estimate of drug-likeness (QED) is 0.168. The predicted octanol–water partition coefficient (Wildman–Crippen LogP) is 7.17. The van der Waals surface area contributed by atoms with Gasteiger partial charge in [-0.05, 0) is 31.8 Å². The highest BCUT2D eigenvalue weighted by Gasteiger charge is 1.96. The van der Waals surface area contributed by atoms with E-state index in [-0.39, 0.29) is 0 Å². The van der Waals surface area contributed by atoms with Crippen molar-refractivity contribution in [2.24, 2.45) is 0 Å². The molecular weight excluding hydrogens is 268 g/mol. The smallest absolute Gasteiger partial charge is 0.155 e. The molecule has 0 spiro atoms. The molecule has 0 aromatic rings. The SMILES string of the molecule is CCCCC/C=C\CC=CC(=O)CCCCCCCCCC. The average Bonchev–Trinajstić information content (AvgIpc) is 2.52. The molecule has 0 unspecified atom stereocenters. The molecule has 0 fully saturated rings. The second-order valence-corrected chi connectivity index (χ2v) is 6.30. The topological polar surface area (TPSA) is 17.1 Å².